The standard InChI is InChI=1S/C53H64ClF3N12O5S/c54-39-7-8-42(62-40-15-25-67(26-16-40)51(71)37-11-21-65(22-12-37)33-35-9-20-60-47(58)30-35)44(32-39)64-50(70)49-45(5-3-19-61-49)69-29-10-36(31-48(69)59)34-66-23-13-38(14-24-66)52(72)68-27-17-41(18-28-68)63-43-4-1-2-6-46(43)75(73,74)53(55,56)57/h1-10,19-20,29-32,37-38,40-41,48,62-63H,11-18,21-28,33-34,59H2,(H2,58,60)(H,64,70). The van der Waals surface area contributed by atoms with Crippen LogP contribution in [0.1, 0.15) is 67.4 Å². The Hall–Kier alpha value is -6.26. The Bertz CT molecular complexity index is 2880. The van der Waals surface area contributed by atoms with Crippen molar-refractivity contribution in [2.45, 2.75) is 86.6 Å². The summed E-state index contributed by atoms with van der Waals surface area (Å²) in [6, 6.07) is 17.5. The van der Waals surface area contributed by atoms with Crippen molar-refractivity contribution in [2.75, 3.05) is 85.5 Å². The predicted molar refractivity (Wildman–Crippen MR) is 283 cm³/mol. The van der Waals surface area contributed by atoms with Crippen molar-refractivity contribution < 1.29 is 36.0 Å². The molecule has 5 aliphatic rings. The van der Waals surface area contributed by atoms with Crippen LogP contribution < -0.4 is 32.3 Å². The zero-order valence-corrected chi connectivity index (χ0v) is 43.2. The van der Waals surface area contributed by atoms with Gasteiger partial charge in [0.2, 0.25) is 11.8 Å². The Balaban J connectivity index is 0.725. The topological polar surface area (TPSA) is 215 Å². The number of anilines is 5. The number of nitrogens with two attached hydrogens (primary N) is 2. The van der Waals surface area contributed by atoms with Crippen molar-refractivity contribution in [3.8, 4) is 0 Å². The molecule has 7 heterocycles. The number of pyridine rings is 2. The number of benzene rings is 2. The lowest BCUT2D eigenvalue weighted by Gasteiger charge is -2.38. The number of carbonyl (C=O) groups is 3. The maximum absolute atomic E-state index is 14.1. The Kier molecular flexibility index (Phi) is 16.7. The van der Waals surface area contributed by atoms with Gasteiger partial charge in [0.25, 0.3) is 15.7 Å². The number of amides is 3. The first-order valence-corrected chi connectivity index (χ1v) is 27.5. The van der Waals surface area contributed by atoms with Gasteiger partial charge in [-0.2, -0.15) is 13.2 Å². The Morgan fingerprint density at radius 2 is 1.29 bits per heavy atom. The van der Waals surface area contributed by atoms with E-state index in [-0.39, 0.29) is 47.1 Å². The Morgan fingerprint density at radius 3 is 1.89 bits per heavy atom. The number of hydrogen-bond acceptors (Lipinski definition) is 14. The SMILES string of the molecule is Nc1cc(CN2CCC(C(=O)N3CCC(Nc4ccc(Cl)cc4NC(=O)c4ncccc4N4C=CC(CN5CCC(C(=O)N6CCC(Nc7ccccc7S(=O)(=O)C(F)(F)F)CC6)CC5)=CC4N)CC3)CC2)ccn1. The first-order chi connectivity index (χ1) is 36.0. The number of sulfone groups is 1. The second-order valence-corrected chi connectivity index (χ2v) is 22.4. The van der Waals surface area contributed by atoms with Crippen LogP contribution in [-0.2, 0) is 26.0 Å². The average molecular weight is 1070 g/mol. The monoisotopic (exact) mass is 1070 g/mol. The molecule has 400 valence electrons. The molecule has 0 radical (unpaired) electrons. The normalized spacial score (nSPS) is 20.2. The van der Waals surface area contributed by atoms with Crippen molar-refractivity contribution in [2.24, 2.45) is 17.6 Å². The van der Waals surface area contributed by atoms with Crippen LogP contribution in [0.2, 0.25) is 5.02 Å². The third-order valence-electron chi connectivity index (χ3n) is 15.0. The molecule has 7 N–H and O–H groups in total. The summed E-state index contributed by atoms with van der Waals surface area (Å²) >= 11 is 6.48. The second-order valence-electron chi connectivity index (χ2n) is 20.1. The van der Waals surface area contributed by atoms with Crippen LogP contribution in [0.4, 0.5) is 41.7 Å². The molecular weight excluding hydrogens is 1010 g/mol. The van der Waals surface area contributed by atoms with Crippen molar-refractivity contribution in [1.82, 2.24) is 29.6 Å². The highest BCUT2D eigenvalue weighted by Gasteiger charge is 2.48. The summed E-state index contributed by atoms with van der Waals surface area (Å²) in [6.45, 7) is 6.60. The van der Waals surface area contributed by atoms with Gasteiger partial charge in [0.1, 0.15) is 12.0 Å². The summed E-state index contributed by atoms with van der Waals surface area (Å²) in [5, 5.41) is 10.1. The van der Waals surface area contributed by atoms with E-state index in [0.29, 0.717) is 99.4 Å². The molecule has 5 aliphatic heterocycles. The molecule has 2 aromatic carbocycles. The minimum Gasteiger partial charge on any atom is -0.384 e. The van der Waals surface area contributed by atoms with Gasteiger partial charge >= 0.3 is 5.51 Å². The van der Waals surface area contributed by atoms with Crippen molar-refractivity contribution in [3.05, 3.63) is 119 Å². The molecule has 0 bridgehead atoms. The van der Waals surface area contributed by atoms with Gasteiger partial charge in [0, 0.05) is 86.8 Å². The van der Waals surface area contributed by atoms with E-state index in [1.54, 1.807) is 46.5 Å². The molecule has 1 unspecified atom stereocenters. The number of nitrogen functional groups attached to an aromatic ring is 1. The Morgan fingerprint density at radius 1 is 0.693 bits per heavy atom. The first kappa shape index (κ1) is 53.6. The zero-order valence-electron chi connectivity index (χ0n) is 41.6. The summed E-state index contributed by atoms with van der Waals surface area (Å²) in [5.41, 5.74) is 11.1. The molecule has 4 aromatic rings. The fourth-order valence-electron chi connectivity index (χ4n) is 10.9. The molecule has 9 rings (SSSR count). The number of carbonyl (C=O) groups excluding carboxylic acids is 3. The van der Waals surface area contributed by atoms with Gasteiger partial charge in [-0.1, -0.05) is 23.7 Å². The van der Waals surface area contributed by atoms with E-state index >= 15 is 0 Å². The van der Waals surface area contributed by atoms with Crippen LogP contribution in [0.5, 0.6) is 0 Å². The molecule has 0 saturated carbocycles. The fraction of sp³-hybridized carbons (Fsp3) is 0.453. The van der Waals surface area contributed by atoms with Crippen LogP contribution in [0, 0.1) is 11.8 Å². The highest BCUT2D eigenvalue weighted by atomic mass is 35.5. The van der Waals surface area contributed by atoms with E-state index in [2.05, 4.69) is 35.7 Å². The van der Waals surface area contributed by atoms with Gasteiger partial charge in [-0.25, -0.2) is 18.4 Å². The first-order valence-electron chi connectivity index (χ1n) is 25.6. The summed E-state index contributed by atoms with van der Waals surface area (Å²) in [6.07, 6.45) is 13.9. The van der Waals surface area contributed by atoms with E-state index in [9.17, 15) is 36.0 Å². The van der Waals surface area contributed by atoms with Gasteiger partial charge < -0.3 is 42.1 Å². The van der Waals surface area contributed by atoms with E-state index in [1.165, 1.54) is 18.2 Å². The van der Waals surface area contributed by atoms with E-state index in [0.717, 1.165) is 62.5 Å². The van der Waals surface area contributed by atoms with Gasteiger partial charge in [-0.15, -0.1) is 0 Å². The molecule has 0 spiro atoms. The molecule has 2 aromatic heterocycles. The highest BCUT2D eigenvalue weighted by Crippen LogP contribution is 2.36. The molecular formula is C53H64ClF3N12O5S. The van der Waals surface area contributed by atoms with Crippen molar-refractivity contribution in [3.63, 3.8) is 0 Å². The quantitative estimate of drug-likeness (QED) is 0.0866. The van der Waals surface area contributed by atoms with Crippen molar-refractivity contribution >= 4 is 67.7 Å². The third kappa shape index (κ3) is 12.9. The number of halogens is 4. The van der Waals surface area contributed by atoms with E-state index in [1.807, 2.05) is 41.5 Å². The summed E-state index contributed by atoms with van der Waals surface area (Å²) in [5.74, 6) is 0.197. The molecule has 3 amide bonds. The van der Waals surface area contributed by atoms with Gasteiger partial charge in [0.05, 0.1) is 27.6 Å². The largest absolute Gasteiger partial charge is 0.501 e. The lowest BCUT2D eigenvalue weighted by atomic mass is 9.93. The average Bonchev–Trinajstić information content (AvgIpc) is 3.40. The molecule has 4 saturated heterocycles. The number of nitrogens with zero attached hydrogens (tertiary/aromatic N) is 7. The Labute approximate surface area is 440 Å². The molecule has 4 fully saturated rings. The van der Waals surface area contributed by atoms with Crippen LogP contribution in [-0.4, -0.2) is 138 Å². The van der Waals surface area contributed by atoms with Gasteiger partial charge in [-0.05, 0) is 155 Å². The number of likely N-dealkylation sites (tertiary alicyclic amines) is 4. The van der Waals surface area contributed by atoms with E-state index in [4.69, 9.17) is 23.1 Å². The second kappa shape index (κ2) is 23.3. The van der Waals surface area contributed by atoms with Crippen LogP contribution in [0.25, 0.3) is 0 Å². The maximum atomic E-state index is 14.1. The number of para-hydroxylation sites is 1. The number of piperidine rings is 4. The fourth-order valence-corrected chi connectivity index (χ4v) is 12.0. The van der Waals surface area contributed by atoms with E-state index < -0.39 is 32.3 Å². The number of hydrogen-bond donors (Lipinski definition) is 5. The molecule has 17 nitrogen and oxygen atoms in total. The minimum atomic E-state index is -5.53. The zero-order chi connectivity index (χ0) is 52.9. The molecule has 75 heavy (non-hydrogen) atoms. The van der Waals surface area contributed by atoms with Crippen LogP contribution >= 0.6 is 11.6 Å². The maximum Gasteiger partial charge on any atom is 0.501 e. The van der Waals surface area contributed by atoms with Crippen molar-refractivity contribution in [1.29, 1.82) is 0 Å². The molecule has 22 heteroatoms. The predicted octanol–water partition coefficient (Wildman–Crippen LogP) is 6.93. The van der Waals surface area contributed by atoms with Crippen LogP contribution in [0.15, 0.2) is 108 Å². The number of aromatic nitrogens is 2. The highest BCUT2D eigenvalue weighted by molar-refractivity contribution is 7.92. The lowest BCUT2D eigenvalue weighted by molar-refractivity contribution is -0.138. The number of nitrogens with one attached hydrogen (secondary N) is 3. The summed E-state index contributed by atoms with van der Waals surface area (Å²) in [7, 11) is -5.53. The number of rotatable bonds is 14. The number of alkyl halides is 3. The third-order valence-corrected chi connectivity index (χ3v) is 16.8. The summed E-state index contributed by atoms with van der Waals surface area (Å²) < 4.78 is 64.4. The smallest absolute Gasteiger partial charge is 0.384 e. The summed E-state index contributed by atoms with van der Waals surface area (Å²) in [4.78, 5) is 59.3. The van der Waals surface area contributed by atoms with Gasteiger partial charge in [-0.3, -0.25) is 24.2 Å². The van der Waals surface area contributed by atoms with Gasteiger partial charge in [0.15, 0.2) is 5.69 Å². The minimum absolute atomic E-state index is 0.00971. The molecule has 1 atom stereocenters. The lowest BCUT2D eigenvalue weighted by Crippen LogP contribution is -2.47. The van der Waals surface area contributed by atoms with Crippen LogP contribution in [0.3, 0.4) is 0 Å². The molecule has 0 aliphatic carbocycles.